The molecular formula is C10H15NO. The van der Waals surface area contributed by atoms with E-state index < -0.39 is 0 Å². The maximum absolute atomic E-state index is 10.9. The number of hydrogen-bond acceptors (Lipinski definition) is 2. The van der Waals surface area contributed by atoms with Crippen LogP contribution in [0, 0.1) is 0 Å². The zero-order valence-corrected chi connectivity index (χ0v) is 7.82. The van der Waals surface area contributed by atoms with Crippen molar-refractivity contribution >= 4 is 5.78 Å². The van der Waals surface area contributed by atoms with Gasteiger partial charge >= 0.3 is 0 Å². The highest BCUT2D eigenvalue weighted by molar-refractivity contribution is 5.99. The topological polar surface area (TPSA) is 20.3 Å². The molecule has 0 aromatic rings. The first kappa shape index (κ1) is 10.7. The Hall–Kier alpha value is -1.31. The Balaban J connectivity index is 3.84. The Morgan fingerprint density at radius 3 is 2.33 bits per heavy atom. The van der Waals surface area contributed by atoms with Gasteiger partial charge in [0.15, 0.2) is 5.78 Å². The van der Waals surface area contributed by atoms with Crippen molar-refractivity contribution in [2.75, 3.05) is 14.1 Å². The van der Waals surface area contributed by atoms with Crippen LogP contribution in [0.1, 0.15) is 6.92 Å². The fourth-order valence-electron chi connectivity index (χ4n) is 0.592. The van der Waals surface area contributed by atoms with Gasteiger partial charge in [-0.15, -0.1) is 0 Å². The molecule has 0 unspecified atom stereocenters. The van der Waals surface area contributed by atoms with Crippen LogP contribution in [0.2, 0.25) is 0 Å². The molecule has 66 valence electrons. The fraction of sp³-hybridized carbons (Fsp3) is 0.300. The first-order valence-electron chi connectivity index (χ1n) is 3.84. The summed E-state index contributed by atoms with van der Waals surface area (Å²) in [4.78, 5) is 12.8. The first-order valence-corrected chi connectivity index (χ1v) is 3.84. The highest BCUT2D eigenvalue weighted by Gasteiger charge is 1.82. The number of carbonyl (C=O) groups is 1. The number of allylic oxidation sites excluding steroid dienone is 5. The average Bonchev–Trinajstić information content (AvgIpc) is 1.98. The van der Waals surface area contributed by atoms with Gasteiger partial charge in [-0.1, -0.05) is 12.2 Å². The predicted molar refractivity (Wildman–Crippen MR) is 51.8 cm³/mol. The van der Waals surface area contributed by atoms with E-state index in [0.29, 0.717) is 0 Å². The molecule has 0 saturated heterocycles. The largest absolute Gasteiger partial charge is 0.383 e. The summed E-state index contributed by atoms with van der Waals surface area (Å²) in [5.74, 6) is 0.0147. The van der Waals surface area contributed by atoms with E-state index in [1.54, 1.807) is 12.2 Å². The average molecular weight is 165 g/mol. The number of ketones is 1. The molecule has 0 saturated carbocycles. The minimum atomic E-state index is 0.0147. The van der Waals surface area contributed by atoms with Gasteiger partial charge in [-0.05, 0) is 31.4 Å². The molecule has 0 rings (SSSR count). The Bertz CT molecular complexity index is 212. The number of carbonyl (C=O) groups excluding carboxylic acids is 1. The lowest BCUT2D eigenvalue weighted by molar-refractivity contribution is -0.110. The third-order valence-corrected chi connectivity index (χ3v) is 1.09. The smallest absolute Gasteiger partial charge is 0.178 e. The van der Waals surface area contributed by atoms with E-state index in [1.807, 2.05) is 38.2 Å². The van der Waals surface area contributed by atoms with Crippen LogP contribution in [0.4, 0.5) is 0 Å². The van der Waals surface area contributed by atoms with Gasteiger partial charge in [-0.25, -0.2) is 0 Å². The number of nitrogens with zero attached hydrogens (tertiary/aromatic N) is 1. The molecule has 2 heteroatoms. The zero-order chi connectivity index (χ0) is 9.40. The van der Waals surface area contributed by atoms with Crippen molar-refractivity contribution in [3.63, 3.8) is 0 Å². The second kappa shape index (κ2) is 6.40. The molecule has 0 atom stereocenters. The van der Waals surface area contributed by atoms with Crippen molar-refractivity contribution in [2.45, 2.75) is 6.92 Å². The molecule has 12 heavy (non-hydrogen) atoms. The zero-order valence-electron chi connectivity index (χ0n) is 7.82. The summed E-state index contributed by atoms with van der Waals surface area (Å²) in [5.41, 5.74) is 0. The van der Waals surface area contributed by atoms with Crippen molar-refractivity contribution < 1.29 is 4.79 Å². The second-order valence-electron chi connectivity index (χ2n) is 2.57. The van der Waals surface area contributed by atoms with Gasteiger partial charge in [0.25, 0.3) is 0 Å². The van der Waals surface area contributed by atoms with Gasteiger partial charge in [0.05, 0.1) is 0 Å². The quantitative estimate of drug-likeness (QED) is 0.467. The summed E-state index contributed by atoms with van der Waals surface area (Å²) >= 11 is 0. The van der Waals surface area contributed by atoms with Crippen LogP contribution in [0.15, 0.2) is 36.6 Å². The maximum atomic E-state index is 10.9. The summed E-state index contributed by atoms with van der Waals surface area (Å²) < 4.78 is 0. The van der Waals surface area contributed by atoms with Crippen molar-refractivity contribution in [2.24, 2.45) is 0 Å². The molecule has 0 amide bonds. The standard InChI is InChI=1S/C10H15NO/c1-4-7-10(12)8-5-6-9-11(2)3/h4-9H,1-3H3/b7-4+,8-5+,9-6+. The van der Waals surface area contributed by atoms with Gasteiger partial charge in [-0.2, -0.15) is 0 Å². The Labute approximate surface area is 73.9 Å². The predicted octanol–water partition coefficient (Wildman–Crippen LogP) is 1.76. The van der Waals surface area contributed by atoms with Gasteiger partial charge in [0, 0.05) is 14.1 Å². The molecule has 0 bridgehead atoms. The van der Waals surface area contributed by atoms with Crippen molar-refractivity contribution in [1.29, 1.82) is 0 Å². The third-order valence-electron chi connectivity index (χ3n) is 1.09. The van der Waals surface area contributed by atoms with E-state index in [1.165, 1.54) is 12.2 Å². The summed E-state index contributed by atoms with van der Waals surface area (Å²) in [5, 5.41) is 0. The van der Waals surface area contributed by atoms with E-state index in [-0.39, 0.29) is 5.78 Å². The van der Waals surface area contributed by atoms with Gasteiger partial charge in [0.2, 0.25) is 0 Å². The Morgan fingerprint density at radius 1 is 1.17 bits per heavy atom. The lowest BCUT2D eigenvalue weighted by Gasteiger charge is -2.00. The summed E-state index contributed by atoms with van der Waals surface area (Å²) in [6.07, 6.45) is 10.2. The minimum Gasteiger partial charge on any atom is -0.383 e. The lowest BCUT2D eigenvalue weighted by Crippen LogP contribution is -1.99. The molecule has 0 aliphatic carbocycles. The maximum Gasteiger partial charge on any atom is 0.178 e. The van der Waals surface area contributed by atoms with E-state index in [0.717, 1.165) is 0 Å². The van der Waals surface area contributed by atoms with Crippen molar-refractivity contribution in [3.8, 4) is 0 Å². The SMILES string of the molecule is C/C=C/C(=O)/C=C/C=C/N(C)C. The third kappa shape index (κ3) is 6.81. The van der Waals surface area contributed by atoms with E-state index in [2.05, 4.69) is 0 Å². The van der Waals surface area contributed by atoms with Crippen LogP contribution in [0.5, 0.6) is 0 Å². The van der Waals surface area contributed by atoms with Crippen molar-refractivity contribution in [1.82, 2.24) is 4.90 Å². The molecule has 0 aliphatic heterocycles. The highest BCUT2D eigenvalue weighted by Crippen LogP contribution is 1.83. The van der Waals surface area contributed by atoms with E-state index in [4.69, 9.17) is 0 Å². The number of rotatable bonds is 4. The monoisotopic (exact) mass is 165 g/mol. The molecule has 0 fully saturated rings. The Morgan fingerprint density at radius 2 is 1.83 bits per heavy atom. The molecule has 0 spiro atoms. The summed E-state index contributed by atoms with van der Waals surface area (Å²) in [6, 6.07) is 0. The van der Waals surface area contributed by atoms with Crippen LogP contribution in [0.25, 0.3) is 0 Å². The summed E-state index contributed by atoms with van der Waals surface area (Å²) in [6.45, 7) is 1.82. The van der Waals surface area contributed by atoms with Crippen LogP contribution in [-0.4, -0.2) is 24.8 Å². The normalized spacial score (nSPS) is 11.9. The Kier molecular flexibility index (Phi) is 5.70. The molecule has 0 N–H and O–H groups in total. The molecule has 0 aromatic carbocycles. The van der Waals surface area contributed by atoms with Crippen LogP contribution in [-0.2, 0) is 4.79 Å². The first-order chi connectivity index (χ1) is 5.66. The van der Waals surface area contributed by atoms with Crippen LogP contribution in [0.3, 0.4) is 0 Å². The molecule has 0 aliphatic rings. The van der Waals surface area contributed by atoms with Gasteiger partial charge < -0.3 is 4.90 Å². The van der Waals surface area contributed by atoms with Crippen molar-refractivity contribution in [3.05, 3.63) is 36.6 Å². The lowest BCUT2D eigenvalue weighted by atomic mass is 10.3. The van der Waals surface area contributed by atoms with Crippen LogP contribution >= 0.6 is 0 Å². The summed E-state index contributed by atoms with van der Waals surface area (Å²) in [7, 11) is 3.86. The fourth-order valence-corrected chi connectivity index (χ4v) is 0.592. The van der Waals surface area contributed by atoms with Crippen LogP contribution < -0.4 is 0 Å². The molecule has 0 radical (unpaired) electrons. The molecular weight excluding hydrogens is 150 g/mol. The number of hydrogen-bond donors (Lipinski definition) is 0. The van der Waals surface area contributed by atoms with Gasteiger partial charge in [0.1, 0.15) is 0 Å². The highest BCUT2D eigenvalue weighted by atomic mass is 16.1. The molecule has 0 heterocycles. The molecule has 2 nitrogen and oxygen atoms in total. The van der Waals surface area contributed by atoms with Gasteiger partial charge in [-0.3, -0.25) is 4.79 Å². The second-order valence-corrected chi connectivity index (χ2v) is 2.57. The minimum absolute atomic E-state index is 0.0147. The van der Waals surface area contributed by atoms with E-state index in [9.17, 15) is 4.79 Å². The van der Waals surface area contributed by atoms with E-state index >= 15 is 0 Å². The molecule has 0 aromatic heterocycles.